The first kappa shape index (κ1) is 26.6. The Bertz CT molecular complexity index is 1690. The van der Waals surface area contributed by atoms with Gasteiger partial charge in [0, 0.05) is 23.4 Å². The van der Waals surface area contributed by atoms with Crippen LogP contribution in [0.3, 0.4) is 0 Å². The highest BCUT2D eigenvalue weighted by Gasteiger charge is 2.36. The zero-order valence-corrected chi connectivity index (χ0v) is 21.5. The molecule has 1 heterocycles. The summed E-state index contributed by atoms with van der Waals surface area (Å²) in [6.07, 6.45) is 1.56. The summed E-state index contributed by atoms with van der Waals surface area (Å²) in [6.45, 7) is -0.420. The number of hydrogen-bond acceptors (Lipinski definition) is 7. The summed E-state index contributed by atoms with van der Waals surface area (Å²) in [4.78, 5) is 49.7. The molecule has 11 heteroatoms. The number of carbonyl (C=O) groups is 3. The summed E-state index contributed by atoms with van der Waals surface area (Å²) in [5.74, 6) is -1.38. The number of thioether (sulfide) groups is 1. The predicted molar refractivity (Wildman–Crippen MR) is 149 cm³/mol. The summed E-state index contributed by atoms with van der Waals surface area (Å²) in [5, 5.41) is 14.5. The number of anilines is 1. The number of hydrogen-bond donors (Lipinski definition) is 1. The van der Waals surface area contributed by atoms with Crippen molar-refractivity contribution in [2.75, 3.05) is 11.9 Å². The molecule has 0 aromatic heterocycles. The molecular weight excluding hydrogens is 537 g/mol. The van der Waals surface area contributed by atoms with E-state index in [-0.39, 0.29) is 22.9 Å². The minimum atomic E-state index is -0.647. The third-order valence-electron chi connectivity index (χ3n) is 6.03. The fourth-order valence-electron chi connectivity index (χ4n) is 4.10. The molecule has 5 rings (SSSR count). The van der Waals surface area contributed by atoms with E-state index < -0.39 is 34.3 Å². The number of ether oxygens (including phenoxy) is 1. The molecule has 9 nitrogen and oxygen atoms in total. The van der Waals surface area contributed by atoms with Gasteiger partial charge in [0.1, 0.15) is 24.7 Å². The van der Waals surface area contributed by atoms with Gasteiger partial charge in [0.25, 0.3) is 16.8 Å². The van der Waals surface area contributed by atoms with Crippen LogP contribution in [0.15, 0.2) is 89.8 Å². The van der Waals surface area contributed by atoms with Crippen LogP contribution in [0, 0.1) is 15.9 Å². The average Bonchev–Trinajstić information content (AvgIpc) is 3.20. The Morgan fingerprint density at radius 1 is 1.02 bits per heavy atom. The van der Waals surface area contributed by atoms with E-state index in [1.165, 1.54) is 30.3 Å². The quantitative estimate of drug-likeness (QED) is 0.157. The summed E-state index contributed by atoms with van der Waals surface area (Å²) in [7, 11) is 0. The van der Waals surface area contributed by atoms with Crippen LogP contribution in [0.1, 0.15) is 11.1 Å². The van der Waals surface area contributed by atoms with Crippen LogP contribution in [-0.4, -0.2) is 33.4 Å². The van der Waals surface area contributed by atoms with Gasteiger partial charge in [-0.25, -0.2) is 4.39 Å². The van der Waals surface area contributed by atoms with E-state index >= 15 is 0 Å². The number of nitro groups is 1. The van der Waals surface area contributed by atoms with Crippen molar-refractivity contribution in [1.82, 2.24) is 4.90 Å². The molecule has 4 aromatic carbocycles. The van der Waals surface area contributed by atoms with Crippen molar-refractivity contribution in [2.24, 2.45) is 0 Å². The first-order chi connectivity index (χ1) is 19.3. The van der Waals surface area contributed by atoms with Gasteiger partial charge in [0.2, 0.25) is 5.91 Å². The molecule has 1 fully saturated rings. The summed E-state index contributed by atoms with van der Waals surface area (Å²) >= 11 is 0.703. The number of amides is 3. The number of halogens is 1. The van der Waals surface area contributed by atoms with Crippen LogP contribution in [0.25, 0.3) is 16.8 Å². The Hall–Kier alpha value is -5.03. The number of carbonyl (C=O) groups excluding carboxylic acids is 3. The number of nitrogens with zero attached hydrogens (tertiary/aromatic N) is 2. The molecule has 0 bridgehead atoms. The third kappa shape index (κ3) is 5.84. The number of non-ortho nitro benzene ring substituents is 1. The number of rotatable bonds is 8. The highest BCUT2D eigenvalue weighted by molar-refractivity contribution is 8.18. The van der Waals surface area contributed by atoms with Gasteiger partial charge in [-0.05, 0) is 70.6 Å². The molecule has 1 N–H and O–H groups in total. The molecule has 200 valence electrons. The zero-order valence-electron chi connectivity index (χ0n) is 20.7. The van der Waals surface area contributed by atoms with Crippen molar-refractivity contribution in [3.63, 3.8) is 0 Å². The van der Waals surface area contributed by atoms with Crippen molar-refractivity contribution in [2.45, 2.75) is 6.61 Å². The average molecular weight is 558 g/mol. The summed E-state index contributed by atoms with van der Waals surface area (Å²) in [6, 6.07) is 22.3. The lowest BCUT2D eigenvalue weighted by Crippen LogP contribution is -2.36. The number of fused-ring (bicyclic) bond motifs is 1. The minimum absolute atomic E-state index is 0.0320. The SMILES string of the molecule is O=C(CN1C(=O)S/C(=C/c2c(OCc3ccc([N+](=O)[O-])cc3)ccc3ccccc23)C1=O)Nc1cccc(F)c1. The second kappa shape index (κ2) is 11.4. The highest BCUT2D eigenvalue weighted by atomic mass is 32.2. The summed E-state index contributed by atoms with van der Waals surface area (Å²) < 4.78 is 19.5. The predicted octanol–water partition coefficient (Wildman–Crippen LogP) is 6.14. The second-order valence-corrected chi connectivity index (χ2v) is 9.73. The largest absolute Gasteiger partial charge is 0.488 e. The maximum absolute atomic E-state index is 13.4. The molecule has 1 aliphatic heterocycles. The molecule has 1 aliphatic rings. The Morgan fingerprint density at radius 3 is 2.55 bits per heavy atom. The van der Waals surface area contributed by atoms with E-state index in [4.69, 9.17) is 4.74 Å². The van der Waals surface area contributed by atoms with Gasteiger partial charge in [-0.1, -0.05) is 36.4 Å². The highest BCUT2D eigenvalue weighted by Crippen LogP contribution is 2.37. The molecule has 3 amide bonds. The van der Waals surface area contributed by atoms with Gasteiger partial charge in [-0.15, -0.1) is 0 Å². The van der Waals surface area contributed by atoms with E-state index in [0.29, 0.717) is 28.6 Å². The zero-order chi connectivity index (χ0) is 28.2. The van der Waals surface area contributed by atoms with Crippen molar-refractivity contribution >= 4 is 57.0 Å². The minimum Gasteiger partial charge on any atom is -0.488 e. The van der Waals surface area contributed by atoms with Crippen LogP contribution < -0.4 is 10.1 Å². The van der Waals surface area contributed by atoms with Crippen LogP contribution in [0.2, 0.25) is 0 Å². The van der Waals surface area contributed by atoms with Crippen molar-refractivity contribution in [1.29, 1.82) is 0 Å². The molecule has 0 aliphatic carbocycles. The Balaban J connectivity index is 1.38. The monoisotopic (exact) mass is 557 g/mol. The fraction of sp³-hybridized carbons (Fsp3) is 0.0690. The first-order valence-electron chi connectivity index (χ1n) is 12.0. The molecule has 0 unspecified atom stereocenters. The first-order valence-corrected chi connectivity index (χ1v) is 12.8. The molecule has 0 atom stereocenters. The lowest BCUT2D eigenvalue weighted by atomic mass is 10.0. The number of nitro benzene ring substituents is 1. The normalized spacial score (nSPS) is 14.1. The smallest absolute Gasteiger partial charge is 0.294 e. The topological polar surface area (TPSA) is 119 Å². The van der Waals surface area contributed by atoms with E-state index in [0.717, 1.165) is 21.7 Å². The summed E-state index contributed by atoms with van der Waals surface area (Å²) in [5.41, 5.74) is 1.44. The lowest BCUT2D eigenvalue weighted by molar-refractivity contribution is -0.384. The van der Waals surface area contributed by atoms with Crippen LogP contribution >= 0.6 is 11.8 Å². The molecule has 40 heavy (non-hydrogen) atoms. The van der Waals surface area contributed by atoms with E-state index in [1.54, 1.807) is 24.3 Å². The van der Waals surface area contributed by atoms with Gasteiger partial charge in [0.05, 0.1) is 9.83 Å². The Kier molecular flexibility index (Phi) is 7.56. The van der Waals surface area contributed by atoms with Gasteiger partial charge >= 0.3 is 0 Å². The Morgan fingerprint density at radius 2 is 1.80 bits per heavy atom. The number of imide groups is 1. The van der Waals surface area contributed by atoms with E-state index in [2.05, 4.69) is 5.32 Å². The standard InChI is InChI=1S/C29H20FN3O6S/c30-20-5-3-6-21(14-20)31-27(34)16-32-28(35)26(40-29(32)36)15-24-23-7-2-1-4-19(23)10-13-25(24)39-17-18-8-11-22(12-9-18)33(37)38/h1-15H,16-17H2,(H,31,34)/b26-15+. The lowest BCUT2D eigenvalue weighted by Gasteiger charge is -2.13. The maximum Gasteiger partial charge on any atom is 0.294 e. The van der Waals surface area contributed by atoms with Crippen molar-refractivity contribution in [3.05, 3.63) is 117 Å². The van der Waals surface area contributed by atoms with Gasteiger partial charge in [-0.3, -0.25) is 29.4 Å². The van der Waals surface area contributed by atoms with Crippen LogP contribution in [-0.2, 0) is 16.2 Å². The van der Waals surface area contributed by atoms with E-state index in [1.807, 2.05) is 30.3 Å². The molecule has 4 aromatic rings. The third-order valence-corrected chi connectivity index (χ3v) is 6.94. The van der Waals surface area contributed by atoms with Gasteiger partial charge in [-0.2, -0.15) is 0 Å². The van der Waals surface area contributed by atoms with Crippen LogP contribution in [0.4, 0.5) is 20.6 Å². The number of benzene rings is 4. The Labute approximate surface area is 231 Å². The molecule has 1 saturated heterocycles. The number of nitrogens with one attached hydrogen (secondary N) is 1. The molecule has 0 radical (unpaired) electrons. The molecule has 0 saturated carbocycles. The fourth-order valence-corrected chi connectivity index (χ4v) is 4.92. The van der Waals surface area contributed by atoms with E-state index in [9.17, 15) is 28.9 Å². The molecule has 0 spiro atoms. The van der Waals surface area contributed by atoms with Gasteiger partial charge < -0.3 is 10.1 Å². The van der Waals surface area contributed by atoms with Crippen molar-refractivity contribution < 1.29 is 28.4 Å². The van der Waals surface area contributed by atoms with Crippen molar-refractivity contribution in [3.8, 4) is 5.75 Å². The molecular formula is C29H20FN3O6S. The second-order valence-electron chi connectivity index (χ2n) is 8.74. The maximum atomic E-state index is 13.4. The van der Waals surface area contributed by atoms with Crippen LogP contribution in [0.5, 0.6) is 5.75 Å². The van der Waals surface area contributed by atoms with Gasteiger partial charge in [0.15, 0.2) is 0 Å².